The highest BCUT2D eigenvalue weighted by molar-refractivity contribution is 6.25. The molecule has 0 amide bonds. The van der Waals surface area contributed by atoms with E-state index in [1.54, 1.807) is 0 Å². The summed E-state index contributed by atoms with van der Waals surface area (Å²) in [5, 5.41) is 0. The third-order valence-electron chi connectivity index (χ3n) is 0.365. The second-order valence-corrected chi connectivity index (χ2v) is 1.47. The molecule has 0 unspecified atom stereocenters. The zero-order chi connectivity index (χ0) is 4.83. The Hall–Kier alpha value is 0.320. The number of allylic oxidation sites excluding steroid dienone is 1. The Kier molecular flexibility index (Phi) is 5.60. The average molecular weight is 125 g/mol. The van der Waals surface area contributed by atoms with Gasteiger partial charge < -0.3 is 0 Å². The smallest absolute Gasteiger partial charge is 0.0258 e. The third-order valence-corrected chi connectivity index (χ3v) is 0.761. The van der Waals surface area contributed by atoms with Crippen LogP contribution in [0.25, 0.3) is 0 Å². The molecule has 0 saturated carbocycles. The van der Waals surface area contributed by atoms with E-state index in [-0.39, 0.29) is 0 Å². The van der Waals surface area contributed by atoms with Crippen molar-refractivity contribution in [2.75, 3.05) is 5.88 Å². The van der Waals surface area contributed by atoms with E-state index in [2.05, 4.69) is 0 Å². The maximum atomic E-state index is 5.27. The molecular formula is C4H6Cl2. The molecule has 0 spiro atoms. The Bertz CT molecular complexity index is 40.8. The van der Waals surface area contributed by atoms with E-state index in [9.17, 15) is 0 Å². The standard InChI is InChI=1S/C4H6Cl2/c5-3-1-2-4-6/h1,3H,2,4H2/b3-1+. The molecule has 0 heterocycles. The van der Waals surface area contributed by atoms with Crippen LogP contribution in [0.5, 0.6) is 0 Å². The van der Waals surface area contributed by atoms with E-state index in [0.29, 0.717) is 5.88 Å². The van der Waals surface area contributed by atoms with Crippen LogP contribution in [0.4, 0.5) is 0 Å². The van der Waals surface area contributed by atoms with Crippen molar-refractivity contribution in [2.45, 2.75) is 6.42 Å². The molecule has 0 aliphatic carbocycles. The minimum Gasteiger partial charge on any atom is -0.126 e. The first-order valence-electron chi connectivity index (χ1n) is 1.73. The van der Waals surface area contributed by atoms with Gasteiger partial charge in [0.25, 0.3) is 0 Å². The second kappa shape index (κ2) is 5.32. The number of hydrogen-bond acceptors (Lipinski definition) is 0. The van der Waals surface area contributed by atoms with Crippen LogP contribution in [-0.4, -0.2) is 5.88 Å². The summed E-state index contributed by atoms with van der Waals surface area (Å²) in [6.45, 7) is 0. The van der Waals surface area contributed by atoms with Crippen LogP contribution in [0.3, 0.4) is 0 Å². The van der Waals surface area contributed by atoms with Gasteiger partial charge in [0.1, 0.15) is 0 Å². The molecule has 0 aromatic carbocycles. The molecular weight excluding hydrogens is 119 g/mol. The Morgan fingerprint density at radius 3 is 2.33 bits per heavy atom. The molecule has 6 heavy (non-hydrogen) atoms. The van der Waals surface area contributed by atoms with Gasteiger partial charge in [0.2, 0.25) is 0 Å². The first kappa shape index (κ1) is 6.32. The van der Waals surface area contributed by atoms with Crippen LogP contribution in [-0.2, 0) is 0 Å². The molecule has 0 aromatic heterocycles. The fourth-order valence-electron chi connectivity index (χ4n) is 0.126. The summed E-state index contributed by atoms with van der Waals surface area (Å²) in [5.74, 6) is 0.656. The quantitative estimate of drug-likeness (QED) is 0.497. The molecule has 0 aliphatic heterocycles. The molecule has 36 valence electrons. The highest BCUT2D eigenvalue weighted by atomic mass is 35.5. The topological polar surface area (TPSA) is 0 Å². The van der Waals surface area contributed by atoms with E-state index in [1.807, 2.05) is 6.08 Å². The maximum absolute atomic E-state index is 5.27. The zero-order valence-corrected chi connectivity index (χ0v) is 4.84. The first-order chi connectivity index (χ1) is 2.91. The summed E-state index contributed by atoms with van der Waals surface area (Å²) in [5.41, 5.74) is 1.47. The molecule has 2 heteroatoms. The van der Waals surface area contributed by atoms with Crippen molar-refractivity contribution in [3.05, 3.63) is 11.6 Å². The Morgan fingerprint density at radius 1 is 1.50 bits per heavy atom. The lowest BCUT2D eigenvalue weighted by molar-refractivity contribution is 1.24. The summed E-state index contributed by atoms with van der Waals surface area (Å²) in [7, 11) is 0. The van der Waals surface area contributed by atoms with Gasteiger partial charge in [0, 0.05) is 11.4 Å². The minimum atomic E-state index is 0.656. The van der Waals surface area contributed by atoms with Gasteiger partial charge in [-0.25, -0.2) is 0 Å². The van der Waals surface area contributed by atoms with Gasteiger partial charge in [0.05, 0.1) is 0 Å². The van der Waals surface area contributed by atoms with Crippen LogP contribution in [0.1, 0.15) is 6.42 Å². The number of halogens is 2. The van der Waals surface area contributed by atoms with Crippen LogP contribution in [0.15, 0.2) is 11.6 Å². The van der Waals surface area contributed by atoms with Gasteiger partial charge >= 0.3 is 0 Å². The summed E-state index contributed by atoms with van der Waals surface area (Å²) >= 11 is 10.4. The van der Waals surface area contributed by atoms with Crippen molar-refractivity contribution >= 4 is 23.2 Å². The van der Waals surface area contributed by atoms with E-state index in [0.717, 1.165) is 6.42 Å². The fourth-order valence-corrected chi connectivity index (χ4v) is 0.378. The van der Waals surface area contributed by atoms with Gasteiger partial charge in [0.15, 0.2) is 0 Å². The summed E-state index contributed by atoms with van der Waals surface area (Å²) in [6, 6.07) is 0. The lowest BCUT2D eigenvalue weighted by Gasteiger charge is -1.73. The SMILES string of the molecule is Cl/C=C/CCCl. The molecule has 0 atom stereocenters. The van der Waals surface area contributed by atoms with E-state index >= 15 is 0 Å². The average Bonchev–Trinajstić information content (AvgIpc) is 1.61. The van der Waals surface area contributed by atoms with Crippen LogP contribution < -0.4 is 0 Å². The fraction of sp³-hybridized carbons (Fsp3) is 0.500. The molecule has 0 aliphatic rings. The van der Waals surface area contributed by atoms with E-state index < -0.39 is 0 Å². The monoisotopic (exact) mass is 124 g/mol. The van der Waals surface area contributed by atoms with Crippen molar-refractivity contribution in [1.29, 1.82) is 0 Å². The normalized spacial score (nSPS) is 10.3. The molecule has 0 aromatic rings. The molecule has 0 bridgehead atoms. The predicted octanol–water partition coefficient (Wildman–Crippen LogP) is 2.37. The van der Waals surface area contributed by atoms with E-state index in [4.69, 9.17) is 23.2 Å². The van der Waals surface area contributed by atoms with E-state index in [1.165, 1.54) is 5.54 Å². The lowest BCUT2D eigenvalue weighted by Crippen LogP contribution is -1.61. The van der Waals surface area contributed by atoms with Crippen molar-refractivity contribution in [3.8, 4) is 0 Å². The third kappa shape index (κ3) is 4.32. The van der Waals surface area contributed by atoms with Crippen molar-refractivity contribution in [1.82, 2.24) is 0 Å². The summed E-state index contributed by atoms with van der Waals surface area (Å²) in [6.07, 6.45) is 2.68. The molecule has 0 nitrogen and oxygen atoms in total. The number of alkyl halides is 1. The van der Waals surface area contributed by atoms with Gasteiger partial charge in [-0.15, -0.1) is 11.6 Å². The lowest BCUT2D eigenvalue weighted by atomic mass is 10.5. The zero-order valence-electron chi connectivity index (χ0n) is 3.32. The molecule has 0 fully saturated rings. The van der Waals surface area contributed by atoms with Crippen molar-refractivity contribution < 1.29 is 0 Å². The van der Waals surface area contributed by atoms with Crippen LogP contribution in [0.2, 0.25) is 0 Å². The van der Waals surface area contributed by atoms with Crippen molar-refractivity contribution in [3.63, 3.8) is 0 Å². The molecule has 0 radical (unpaired) electrons. The largest absolute Gasteiger partial charge is 0.126 e. The van der Waals surface area contributed by atoms with Gasteiger partial charge in [-0.1, -0.05) is 17.7 Å². The van der Waals surface area contributed by atoms with Crippen LogP contribution in [0, 0.1) is 0 Å². The summed E-state index contributed by atoms with van der Waals surface area (Å²) < 4.78 is 0. The summed E-state index contributed by atoms with van der Waals surface area (Å²) in [4.78, 5) is 0. The highest BCUT2D eigenvalue weighted by Crippen LogP contribution is 1.86. The minimum absolute atomic E-state index is 0.656. The van der Waals surface area contributed by atoms with Gasteiger partial charge in [-0.05, 0) is 6.42 Å². The van der Waals surface area contributed by atoms with Gasteiger partial charge in [-0.3, -0.25) is 0 Å². The van der Waals surface area contributed by atoms with Gasteiger partial charge in [-0.2, -0.15) is 0 Å². The van der Waals surface area contributed by atoms with Crippen LogP contribution >= 0.6 is 23.2 Å². The maximum Gasteiger partial charge on any atom is 0.0258 e. The Balaban J connectivity index is 2.66. The predicted molar refractivity (Wildman–Crippen MR) is 30.3 cm³/mol. The molecule has 0 rings (SSSR count). The van der Waals surface area contributed by atoms with Crippen molar-refractivity contribution in [2.24, 2.45) is 0 Å². The molecule has 0 N–H and O–H groups in total. The Labute approximate surface area is 47.8 Å². The highest BCUT2D eigenvalue weighted by Gasteiger charge is 1.67. The second-order valence-electron chi connectivity index (χ2n) is 0.839. The number of hydrogen-bond donors (Lipinski definition) is 0. The first-order valence-corrected chi connectivity index (χ1v) is 2.70. The Morgan fingerprint density at radius 2 is 2.17 bits per heavy atom. The molecule has 0 saturated heterocycles. The number of rotatable bonds is 2.